The van der Waals surface area contributed by atoms with E-state index in [0.717, 1.165) is 31.0 Å². The molecule has 0 atom stereocenters. The summed E-state index contributed by atoms with van der Waals surface area (Å²) in [5.41, 5.74) is 0.930. The van der Waals surface area contributed by atoms with Crippen molar-refractivity contribution < 1.29 is 4.39 Å². The summed E-state index contributed by atoms with van der Waals surface area (Å²) in [6.45, 7) is 11.8. The van der Waals surface area contributed by atoms with Crippen LogP contribution in [-0.4, -0.2) is 24.6 Å². The molecule has 18 heavy (non-hydrogen) atoms. The van der Waals surface area contributed by atoms with Crippen molar-refractivity contribution in [2.75, 3.05) is 24.5 Å². The highest BCUT2D eigenvalue weighted by atomic mass is 19.1. The number of aromatic nitrogens is 1. The summed E-state index contributed by atoms with van der Waals surface area (Å²) in [4.78, 5) is 6.37. The average Bonchev–Trinajstić information content (AvgIpc) is 2.32. The quantitative estimate of drug-likeness (QED) is 0.810. The van der Waals surface area contributed by atoms with Gasteiger partial charge in [0, 0.05) is 25.2 Å². The lowest BCUT2D eigenvalue weighted by Crippen LogP contribution is -2.27. The van der Waals surface area contributed by atoms with Crippen LogP contribution in [0.1, 0.15) is 33.3 Å². The van der Waals surface area contributed by atoms with Crippen molar-refractivity contribution >= 4 is 5.82 Å². The van der Waals surface area contributed by atoms with E-state index >= 15 is 0 Å². The van der Waals surface area contributed by atoms with Crippen LogP contribution in [0, 0.1) is 11.7 Å². The molecule has 102 valence electrons. The van der Waals surface area contributed by atoms with Gasteiger partial charge in [0.2, 0.25) is 0 Å². The Morgan fingerprint density at radius 2 is 2.00 bits per heavy atom. The van der Waals surface area contributed by atoms with Gasteiger partial charge in [0.25, 0.3) is 0 Å². The van der Waals surface area contributed by atoms with Gasteiger partial charge < -0.3 is 10.2 Å². The molecule has 0 aliphatic carbocycles. The van der Waals surface area contributed by atoms with Crippen molar-refractivity contribution in [2.24, 2.45) is 5.92 Å². The summed E-state index contributed by atoms with van der Waals surface area (Å²) in [7, 11) is 0. The first-order valence-corrected chi connectivity index (χ1v) is 6.68. The highest BCUT2D eigenvalue weighted by molar-refractivity contribution is 5.46. The molecule has 0 saturated carbocycles. The Morgan fingerprint density at radius 1 is 1.33 bits per heavy atom. The molecule has 0 saturated heterocycles. The summed E-state index contributed by atoms with van der Waals surface area (Å²) in [6, 6.07) is 1.58. The van der Waals surface area contributed by atoms with Gasteiger partial charge in [0.1, 0.15) is 11.6 Å². The summed E-state index contributed by atoms with van der Waals surface area (Å²) < 4.78 is 13.3. The lowest BCUT2D eigenvalue weighted by Gasteiger charge is -2.23. The molecule has 0 spiro atoms. The summed E-state index contributed by atoms with van der Waals surface area (Å²) in [6.07, 6.45) is 1.29. The van der Waals surface area contributed by atoms with E-state index in [-0.39, 0.29) is 5.82 Å². The molecule has 1 rings (SSSR count). The van der Waals surface area contributed by atoms with E-state index in [1.54, 1.807) is 6.07 Å². The molecule has 0 amide bonds. The van der Waals surface area contributed by atoms with Crippen LogP contribution in [0.4, 0.5) is 10.2 Å². The molecule has 1 aromatic heterocycles. The molecule has 1 aromatic rings. The molecule has 0 fully saturated rings. The van der Waals surface area contributed by atoms with Gasteiger partial charge in [-0.2, -0.15) is 0 Å². The van der Waals surface area contributed by atoms with Crippen LogP contribution in [-0.2, 0) is 6.54 Å². The summed E-state index contributed by atoms with van der Waals surface area (Å²) in [5.74, 6) is 1.20. The number of halogens is 1. The van der Waals surface area contributed by atoms with Gasteiger partial charge >= 0.3 is 0 Å². The largest absolute Gasteiger partial charge is 0.357 e. The third-order valence-electron chi connectivity index (χ3n) is 2.84. The fourth-order valence-corrected chi connectivity index (χ4v) is 1.91. The zero-order chi connectivity index (χ0) is 13.5. The number of hydrogen-bond acceptors (Lipinski definition) is 3. The minimum Gasteiger partial charge on any atom is -0.357 e. The van der Waals surface area contributed by atoms with Crippen molar-refractivity contribution in [1.82, 2.24) is 10.3 Å². The van der Waals surface area contributed by atoms with Crippen LogP contribution >= 0.6 is 0 Å². The first-order valence-electron chi connectivity index (χ1n) is 6.68. The smallest absolute Gasteiger partial charge is 0.141 e. The molecule has 0 radical (unpaired) electrons. The van der Waals surface area contributed by atoms with E-state index < -0.39 is 0 Å². The van der Waals surface area contributed by atoms with Crippen LogP contribution in [0.5, 0.6) is 0 Å². The minimum atomic E-state index is -0.271. The Morgan fingerprint density at radius 3 is 2.56 bits per heavy atom. The average molecular weight is 253 g/mol. The van der Waals surface area contributed by atoms with Gasteiger partial charge in [-0.3, -0.25) is 0 Å². The Kier molecular flexibility index (Phi) is 6.05. The van der Waals surface area contributed by atoms with Crippen molar-refractivity contribution in [2.45, 2.75) is 34.2 Å². The minimum absolute atomic E-state index is 0.271. The van der Waals surface area contributed by atoms with Gasteiger partial charge in [-0.05, 0) is 32.4 Å². The molecule has 0 bridgehead atoms. The summed E-state index contributed by atoms with van der Waals surface area (Å²) in [5, 5.41) is 3.34. The number of nitrogens with one attached hydrogen (secondary N) is 1. The van der Waals surface area contributed by atoms with Gasteiger partial charge in [-0.15, -0.1) is 0 Å². The number of rotatable bonds is 7. The monoisotopic (exact) mass is 253 g/mol. The molecule has 0 aromatic carbocycles. The Labute approximate surface area is 109 Å². The molecular weight excluding hydrogens is 229 g/mol. The standard InChI is InChI=1S/C14H24FN3/c1-5-18(6-2)14-12(7-13(15)10-17-14)9-16-8-11(3)4/h7,10-11,16H,5-6,8-9H2,1-4H3. The van der Waals surface area contributed by atoms with Gasteiger partial charge in [-0.25, -0.2) is 9.37 Å². The van der Waals surface area contributed by atoms with Crippen LogP contribution < -0.4 is 10.2 Å². The second-order valence-electron chi connectivity index (χ2n) is 4.83. The molecule has 0 aliphatic heterocycles. The number of pyridine rings is 1. The molecular formula is C14H24FN3. The second kappa shape index (κ2) is 7.31. The van der Waals surface area contributed by atoms with E-state index in [1.807, 2.05) is 0 Å². The molecule has 0 aliphatic rings. The predicted octanol–water partition coefficient (Wildman–Crippen LogP) is 2.81. The van der Waals surface area contributed by atoms with Crippen molar-refractivity contribution in [1.29, 1.82) is 0 Å². The lowest BCUT2D eigenvalue weighted by molar-refractivity contribution is 0.548. The van der Waals surface area contributed by atoms with Crippen molar-refractivity contribution in [3.63, 3.8) is 0 Å². The highest BCUT2D eigenvalue weighted by Gasteiger charge is 2.11. The summed E-state index contributed by atoms with van der Waals surface area (Å²) >= 11 is 0. The van der Waals surface area contributed by atoms with Crippen molar-refractivity contribution in [3.8, 4) is 0 Å². The lowest BCUT2D eigenvalue weighted by atomic mass is 10.2. The van der Waals surface area contributed by atoms with Gasteiger partial charge in [0.05, 0.1) is 6.20 Å². The van der Waals surface area contributed by atoms with Gasteiger partial charge in [0.15, 0.2) is 0 Å². The van der Waals surface area contributed by atoms with Crippen LogP contribution in [0.15, 0.2) is 12.3 Å². The van der Waals surface area contributed by atoms with Crippen LogP contribution in [0.3, 0.4) is 0 Å². The second-order valence-corrected chi connectivity index (χ2v) is 4.83. The maximum absolute atomic E-state index is 13.3. The van der Waals surface area contributed by atoms with E-state index in [2.05, 4.69) is 42.9 Å². The molecule has 0 unspecified atom stereocenters. The maximum atomic E-state index is 13.3. The van der Waals surface area contributed by atoms with E-state index in [0.29, 0.717) is 12.5 Å². The number of hydrogen-bond donors (Lipinski definition) is 1. The van der Waals surface area contributed by atoms with E-state index in [4.69, 9.17) is 0 Å². The predicted molar refractivity (Wildman–Crippen MR) is 74.3 cm³/mol. The van der Waals surface area contributed by atoms with Crippen LogP contribution in [0.25, 0.3) is 0 Å². The molecule has 1 N–H and O–H groups in total. The van der Waals surface area contributed by atoms with Gasteiger partial charge in [-0.1, -0.05) is 13.8 Å². The zero-order valence-corrected chi connectivity index (χ0v) is 11.8. The topological polar surface area (TPSA) is 28.2 Å². The maximum Gasteiger partial charge on any atom is 0.141 e. The molecule has 3 nitrogen and oxygen atoms in total. The first-order chi connectivity index (χ1) is 8.58. The molecule has 4 heteroatoms. The highest BCUT2D eigenvalue weighted by Crippen LogP contribution is 2.18. The third kappa shape index (κ3) is 4.26. The molecule has 1 heterocycles. The number of nitrogens with zero attached hydrogens (tertiary/aromatic N) is 2. The van der Waals surface area contributed by atoms with Crippen molar-refractivity contribution in [3.05, 3.63) is 23.6 Å². The Bertz CT molecular complexity index is 362. The SMILES string of the molecule is CCN(CC)c1ncc(F)cc1CNCC(C)C. The van der Waals surface area contributed by atoms with E-state index in [9.17, 15) is 4.39 Å². The third-order valence-corrected chi connectivity index (χ3v) is 2.84. The normalized spacial score (nSPS) is 11.0. The Balaban J connectivity index is 2.82. The fraction of sp³-hybridized carbons (Fsp3) is 0.643. The zero-order valence-electron chi connectivity index (χ0n) is 11.8. The first kappa shape index (κ1) is 14.9. The Hall–Kier alpha value is -1.16. The fourth-order valence-electron chi connectivity index (χ4n) is 1.91. The van der Waals surface area contributed by atoms with Crippen LogP contribution in [0.2, 0.25) is 0 Å². The number of anilines is 1. The van der Waals surface area contributed by atoms with E-state index in [1.165, 1.54) is 6.20 Å².